The zero-order chi connectivity index (χ0) is 26.5. The number of alkyl halides is 3. The first-order valence-electron chi connectivity index (χ1n) is 10.7. The standard InChI is InChI=1S/C24H24Cl3F3N2O3/c1-4-21(34)32(16-8-9-17(26)18(27)11-16)19(14-6-5-7-15(25)10-14)12-20(33)31-22(13(2)3)23(35)24(28,29)30/h5-11,13,19,22H,4,12H2,1-3H3,(H,31,33)/t19?,22-/m0/s1. The fraction of sp³-hybridized carbons (Fsp3) is 0.375. The summed E-state index contributed by atoms with van der Waals surface area (Å²) >= 11 is 18.3. The highest BCUT2D eigenvalue weighted by Crippen LogP contribution is 2.35. The lowest BCUT2D eigenvalue weighted by atomic mass is 9.97. The Bertz CT molecular complexity index is 1090. The Kier molecular flexibility index (Phi) is 10.0. The molecule has 35 heavy (non-hydrogen) atoms. The van der Waals surface area contributed by atoms with Gasteiger partial charge in [0.1, 0.15) is 0 Å². The maximum Gasteiger partial charge on any atom is 0.452 e. The summed E-state index contributed by atoms with van der Waals surface area (Å²) in [7, 11) is 0. The molecule has 0 aromatic heterocycles. The number of hydrogen-bond acceptors (Lipinski definition) is 3. The second-order valence-electron chi connectivity index (χ2n) is 8.14. The van der Waals surface area contributed by atoms with Gasteiger partial charge in [0.05, 0.1) is 28.5 Å². The SMILES string of the molecule is CCC(=O)N(c1ccc(Cl)c(Cl)c1)C(CC(=O)N[C@H](C(=O)C(F)(F)F)C(C)C)c1cccc(Cl)c1. The van der Waals surface area contributed by atoms with Gasteiger partial charge in [0.15, 0.2) is 0 Å². The molecule has 2 atom stereocenters. The zero-order valence-electron chi connectivity index (χ0n) is 19.1. The van der Waals surface area contributed by atoms with Crippen LogP contribution in [-0.4, -0.2) is 29.8 Å². The average Bonchev–Trinajstić information content (AvgIpc) is 2.77. The number of halogens is 6. The smallest absolute Gasteiger partial charge is 0.346 e. The quantitative estimate of drug-likeness (QED) is 0.373. The molecule has 0 aliphatic carbocycles. The first kappa shape index (κ1) is 28.9. The van der Waals surface area contributed by atoms with Crippen molar-refractivity contribution in [3.63, 3.8) is 0 Å². The van der Waals surface area contributed by atoms with Crippen molar-refractivity contribution in [2.24, 2.45) is 5.92 Å². The Balaban J connectivity index is 2.52. The summed E-state index contributed by atoms with van der Waals surface area (Å²) in [6, 6.07) is 8.15. The van der Waals surface area contributed by atoms with E-state index in [1.54, 1.807) is 37.3 Å². The summed E-state index contributed by atoms with van der Waals surface area (Å²) < 4.78 is 39.2. The molecule has 5 nitrogen and oxygen atoms in total. The summed E-state index contributed by atoms with van der Waals surface area (Å²) in [4.78, 5) is 39.2. The second-order valence-corrected chi connectivity index (χ2v) is 9.39. The first-order valence-corrected chi connectivity index (χ1v) is 11.8. The Morgan fingerprint density at radius 2 is 1.66 bits per heavy atom. The Labute approximate surface area is 216 Å². The molecule has 2 rings (SSSR count). The van der Waals surface area contributed by atoms with Gasteiger partial charge in [-0.15, -0.1) is 0 Å². The van der Waals surface area contributed by atoms with Crippen LogP contribution in [0.4, 0.5) is 18.9 Å². The number of benzene rings is 2. The van der Waals surface area contributed by atoms with E-state index in [4.69, 9.17) is 34.8 Å². The molecule has 2 amide bonds. The van der Waals surface area contributed by atoms with Gasteiger partial charge in [0, 0.05) is 17.1 Å². The minimum atomic E-state index is -5.11. The van der Waals surface area contributed by atoms with E-state index in [-0.39, 0.29) is 22.4 Å². The Morgan fingerprint density at radius 1 is 1.00 bits per heavy atom. The van der Waals surface area contributed by atoms with Crippen molar-refractivity contribution in [2.75, 3.05) is 4.90 Å². The van der Waals surface area contributed by atoms with Gasteiger partial charge in [0.25, 0.3) is 5.78 Å². The van der Waals surface area contributed by atoms with E-state index in [1.807, 2.05) is 0 Å². The Hall–Kier alpha value is -2.29. The fourth-order valence-electron chi connectivity index (χ4n) is 3.49. The van der Waals surface area contributed by atoms with Crippen molar-refractivity contribution in [1.82, 2.24) is 5.32 Å². The van der Waals surface area contributed by atoms with Crippen molar-refractivity contribution >= 4 is 58.1 Å². The molecular formula is C24H24Cl3F3N2O3. The molecule has 0 spiro atoms. The van der Waals surface area contributed by atoms with Crippen molar-refractivity contribution in [3.05, 3.63) is 63.1 Å². The van der Waals surface area contributed by atoms with Gasteiger partial charge >= 0.3 is 6.18 Å². The summed E-state index contributed by atoms with van der Waals surface area (Å²) in [6.07, 6.45) is -5.50. The Morgan fingerprint density at radius 3 is 2.17 bits per heavy atom. The van der Waals surface area contributed by atoms with Crippen LogP contribution in [0.5, 0.6) is 0 Å². The van der Waals surface area contributed by atoms with Gasteiger partial charge in [0.2, 0.25) is 11.8 Å². The monoisotopic (exact) mass is 550 g/mol. The van der Waals surface area contributed by atoms with E-state index in [0.29, 0.717) is 16.3 Å². The number of nitrogens with one attached hydrogen (secondary N) is 1. The van der Waals surface area contributed by atoms with Crippen LogP contribution in [0.15, 0.2) is 42.5 Å². The molecule has 0 aliphatic heterocycles. The van der Waals surface area contributed by atoms with Crippen molar-refractivity contribution < 1.29 is 27.6 Å². The third-order valence-electron chi connectivity index (χ3n) is 5.22. The molecule has 0 radical (unpaired) electrons. The van der Waals surface area contributed by atoms with Crippen LogP contribution in [0.2, 0.25) is 15.1 Å². The van der Waals surface area contributed by atoms with Crippen LogP contribution < -0.4 is 10.2 Å². The van der Waals surface area contributed by atoms with Crippen LogP contribution in [0, 0.1) is 5.92 Å². The molecule has 2 aromatic carbocycles. The summed E-state index contributed by atoms with van der Waals surface area (Å²) in [5, 5.41) is 2.95. The summed E-state index contributed by atoms with van der Waals surface area (Å²) in [6.45, 7) is 4.41. The number of hydrogen-bond donors (Lipinski definition) is 1. The molecule has 0 aliphatic rings. The number of carbonyl (C=O) groups is 3. The minimum Gasteiger partial charge on any atom is -0.346 e. The van der Waals surface area contributed by atoms with Crippen LogP contribution in [0.1, 0.15) is 45.2 Å². The molecule has 0 saturated heterocycles. The van der Waals surface area contributed by atoms with E-state index >= 15 is 0 Å². The number of ketones is 1. The number of amides is 2. The molecule has 2 aromatic rings. The highest BCUT2D eigenvalue weighted by Gasteiger charge is 2.45. The molecule has 0 heterocycles. The van der Waals surface area contributed by atoms with E-state index in [9.17, 15) is 27.6 Å². The minimum absolute atomic E-state index is 0.0557. The van der Waals surface area contributed by atoms with Gasteiger partial charge in [-0.1, -0.05) is 67.7 Å². The van der Waals surface area contributed by atoms with E-state index in [2.05, 4.69) is 5.32 Å². The van der Waals surface area contributed by atoms with Crippen molar-refractivity contribution in [1.29, 1.82) is 0 Å². The third kappa shape index (κ3) is 7.59. The predicted octanol–water partition coefficient (Wildman–Crippen LogP) is 6.79. The van der Waals surface area contributed by atoms with Gasteiger partial charge < -0.3 is 10.2 Å². The summed E-state index contributed by atoms with van der Waals surface area (Å²) in [5.41, 5.74) is 0.791. The molecule has 0 saturated carbocycles. The maximum absolute atomic E-state index is 13.1. The lowest BCUT2D eigenvalue weighted by molar-refractivity contribution is -0.174. The molecular weight excluding hydrogens is 528 g/mol. The number of nitrogens with zero attached hydrogens (tertiary/aromatic N) is 1. The van der Waals surface area contributed by atoms with Gasteiger partial charge in [-0.3, -0.25) is 14.4 Å². The molecule has 1 unspecified atom stereocenters. The van der Waals surface area contributed by atoms with Gasteiger partial charge in [-0.25, -0.2) is 0 Å². The van der Waals surface area contributed by atoms with E-state index in [1.165, 1.54) is 30.9 Å². The van der Waals surface area contributed by atoms with Gasteiger partial charge in [-0.05, 0) is 41.8 Å². The number of anilines is 1. The molecule has 1 N–H and O–H groups in total. The molecule has 11 heteroatoms. The highest BCUT2D eigenvalue weighted by atomic mass is 35.5. The van der Waals surface area contributed by atoms with Crippen molar-refractivity contribution in [2.45, 2.75) is 51.9 Å². The number of Topliss-reactive ketones (excluding diaryl/α,β-unsaturated/α-hetero) is 1. The lowest BCUT2D eigenvalue weighted by Gasteiger charge is -2.33. The highest BCUT2D eigenvalue weighted by molar-refractivity contribution is 6.42. The van der Waals surface area contributed by atoms with Crippen LogP contribution in [0.25, 0.3) is 0 Å². The lowest BCUT2D eigenvalue weighted by Crippen LogP contribution is -2.50. The summed E-state index contributed by atoms with van der Waals surface area (Å²) in [5.74, 6) is -4.10. The number of carbonyl (C=O) groups excluding carboxylic acids is 3. The largest absolute Gasteiger partial charge is 0.452 e. The first-order chi connectivity index (χ1) is 16.3. The average molecular weight is 552 g/mol. The second kappa shape index (κ2) is 12.1. The van der Waals surface area contributed by atoms with Gasteiger partial charge in [-0.2, -0.15) is 13.2 Å². The molecule has 190 valence electrons. The third-order valence-corrected chi connectivity index (χ3v) is 6.20. The van der Waals surface area contributed by atoms with Crippen LogP contribution >= 0.6 is 34.8 Å². The fourth-order valence-corrected chi connectivity index (χ4v) is 3.99. The van der Waals surface area contributed by atoms with Crippen LogP contribution in [-0.2, 0) is 14.4 Å². The topological polar surface area (TPSA) is 66.5 Å². The normalized spacial score (nSPS) is 13.3. The predicted molar refractivity (Wildman–Crippen MR) is 131 cm³/mol. The van der Waals surface area contributed by atoms with Crippen molar-refractivity contribution in [3.8, 4) is 0 Å². The maximum atomic E-state index is 13.1. The van der Waals surface area contributed by atoms with E-state index < -0.39 is 42.3 Å². The zero-order valence-corrected chi connectivity index (χ0v) is 21.4. The molecule has 0 bridgehead atoms. The number of rotatable bonds is 9. The molecule has 0 fully saturated rings. The van der Waals surface area contributed by atoms with Crippen LogP contribution in [0.3, 0.4) is 0 Å². The van der Waals surface area contributed by atoms with E-state index in [0.717, 1.165) is 0 Å².